The standard InChI is InChI=1S/C14H15N3O3.ClH/c15-9-12-1-3-13(4-2-12)20-10-14(19)17-7-5-16(11-18)6-8-17;/h1-4,11H,5-8,10H2;1H. The molecule has 2 rings (SSSR count). The van der Waals surface area contributed by atoms with E-state index in [1.807, 2.05) is 6.07 Å². The minimum Gasteiger partial charge on any atom is -0.484 e. The van der Waals surface area contributed by atoms with Gasteiger partial charge >= 0.3 is 0 Å². The first kappa shape index (κ1) is 16.8. The number of benzene rings is 1. The van der Waals surface area contributed by atoms with E-state index in [-0.39, 0.29) is 24.9 Å². The summed E-state index contributed by atoms with van der Waals surface area (Å²) in [5, 5.41) is 8.68. The Hall–Kier alpha value is -2.26. The predicted octanol–water partition coefficient (Wildman–Crippen LogP) is 0.659. The Balaban J connectivity index is 0.00000220. The molecule has 1 saturated heterocycles. The lowest BCUT2D eigenvalue weighted by atomic mass is 10.2. The second kappa shape index (κ2) is 8.12. The van der Waals surface area contributed by atoms with E-state index in [4.69, 9.17) is 10.00 Å². The fourth-order valence-corrected chi connectivity index (χ4v) is 1.94. The highest BCUT2D eigenvalue weighted by Gasteiger charge is 2.20. The minimum atomic E-state index is -0.0973. The Bertz CT molecular complexity index is 519. The van der Waals surface area contributed by atoms with Crippen LogP contribution in [0.15, 0.2) is 24.3 Å². The van der Waals surface area contributed by atoms with E-state index in [2.05, 4.69) is 0 Å². The molecule has 1 heterocycles. The van der Waals surface area contributed by atoms with Crippen molar-refractivity contribution < 1.29 is 14.3 Å². The number of halogens is 1. The molecule has 0 aromatic heterocycles. The molecule has 1 aromatic rings. The summed E-state index contributed by atoms with van der Waals surface area (Å²) in [6, 6.07) is 8.63. The van der Waals surface area contributed by atoms with Crippen molar-refractivity contribution in [1.82, 2.24) is 9.80 Å². The van der Waals surface area contributed by atoms with Crippen molar-refractivity contribution >= 4 is 24.7 Å². The van der Waals surface area contributed by atoms with E-state index in [0.717, 1.165) is 6.41 Å². The van der Waals surface area contributed by atoms with Gasteiger partial charge in [-0.2, -0.15) is 5.26 Å². The van der Waals surface area contributed by atoms with Crippen LogP contribution in [0.3, 0.4) is 0 Å². The van der Waals surface area contributed by atoms with Crippen LogP contribution < -0.4 is 4.74 Å². The van der Waals surface area contributed by atoms with Crippen LogP contribution in [0.5, 0.6) is 5.75 Å². The highest BCUT2D eigenvalue weighted by Crippen LogP contribution is 2.11. The van der Waals surface area contributed by atoms with Crippen molar-refractivity contribution in [2.24, 2.45) is 0 Å². The number of piperazine rings is 1. The number of carbonyl (C=O) groups excluding carboxylic acids is 2. The number of amides is 2. The fourth-order valence-electron chi connectivity index (χ4n) is 1.94. The third-order valence-electron chi connectivity index (χ3n) is 3.16. The van der Waals surface area contributed by atoms with E-state index in [9.17, 15) is 9.59 Å². The number of carbonyl (C=O) groups is 2. The van der Waals surface area contributed by atoms with Gasteiger partial charge < -0.3 is 14.5 Å². The lowest BCUT2D eigenvalue weighted by Gasteiger charge is -2.32. The van der Waals surface area contributed by atoms with Crippen LogP contribution in [-0.2, 0) is 9.59 Å². The summed E-state index contributed by atoms with van der Waals surface area (Å²) in [6.07, 6.45) is 0.801. The highest BCUT2D eigenvalue weighted by atomic mass is 35.5. The van der Waals surface area contributed by atoms with E-state index >= 15 is 0 Å². The van der Waals surface area contributed by atoms with Gasteiger partial charge in [-0.1, -0.05) is 0 Å². The second-order valence-corrected chi connectivity index (χ2v) is 4.45. The van der Waals surface area contributed by atoms with Crippen molar-refractivity contribution in [3.63, 3.8) is 0 Å². The molecule has 7 heteroatoms. The van der Waals surface area contributed by atoms with Crippen LogP contribution in [0.1, 0.15) is 5.56 Å². The number of nitriles is 1. The monoisotopic (exact) mass is 309 g/mol. The van der Waals surface area contributed by atoms with Gasteiger partial charge in [0.2, 0.25) is 6.41 Å². The molecule has 0 spiro atoms. The van der Waals surface area contributed by atoms with Gasteiger partial charge in [0, 0.05) is 26.2 Å². The molecule has 0 atom stereocenters. The number of hydrogen-bond donors (Lipinski definition) is 0. The van der Waals surface area contributed by atoms with Crippen LogP contribution in [0.4, 0.5) is 0 Å². The van der Waals surface area contributed by atoms with Crippen molar-refractivity contribution in [2.75, 3.05) is 32.8 Å². The molecular weight excluding hydrogens is 294 g/mol. The minimum absolute atomic E-state index is 0. The van der Waals surface area contributed by atoms with E-state index in [1.54, 1.807) is 34.1 Å². The average molecular weight is 310 g/mol. The van der Waals surface area contributed by atoms with Gasteiger partial charge in [-0.15, -0.1) is 12.4 Å². The first-order valence-corrected chi connectivity index (χ1v) is 6.33. The molecule has 21 heavy (non-hydrogen) atoms. The first-order chi connectivity index (χ1) is 9.72. The van der Waals surface area contributed by atoms with Gasteiger partial charge in [0.25, 0.3) is 5.91 Å². The largest absolute Gasteiger partial charge is 0.484 e. The van der Waals surface area contributed by atoms with Gasteiger partial charge in [-0.05, 0) is 24.3 Å². The molecule has 0 aliphatic carbocycles. The van der Waals surface area contributed by atoms with Crippen LogP contribution in [0.2, 0.25) is 0 Å². The summed E-state index contributed by atoms with van der Waals surface area (Å²) in [4.78, 5) is 25.8. The van der Waals surface area contributed by atoms with Gasteiger partial charge in [-0.3, -0.25) is 9.59 Å². The van der Waals surface area contributed by atoms with Gasteiger partial charge in [0.15, 0.2) is 6.61 Å². The smallest absolute Gasteiger partial charge is 0.260 e. The summed E-state index contributed by atoms with van der Waals surface area (Å²) in [5.74, 6) is 0.462. The van der Waals surface area contributed by atoms with Crippen LogP contribution in [0.25, 0.3) is 0 Å². The quantitative estimate of drug-likeness (QED) is 0.766. The lowest BCUT2D eigenvalue weighted by molar-refractivity contribution is -0.137. The van der Waals surface area contributed by atoms with Gasteiger partial charge in [-0.25, -0.2) is 0 Å². The molecule has 0 saturated carbocycles. The predicted molar refractivity (Wildman–Crippen MR) is 78.1 cm³/mol. The number of ether oxygens (including phenoxy) is 1. The molecule has 0 bridgehead atoms. The van der Waals surface area contributed by atoms with Gasteiger partial charge in [0.05, 0.1) is 11.6 Å². The maximum Gasteiger partial charge on any atom is 0.260 e. The average Bonchev–Trinajstić information content (AvgIpc) is 2.53. The van der Waals surface area contributed by atoms with E-state index < -0.39 is 0 Å². The summed E-state index contributed by atoms with van der Waals surface area (Å²) in [7, 11) is 0. The molecule has 6 nitrogen and oxygen atoms in total. The SMILES string of the molecule is Cl.N#Cc1ccc(OCC(=O)N2CCN(C=O)CC2)cc1. The number of hydrogen-bond acceptors (Lipinski definition) is 4. The van der Waals surface area contributed by atoms with E-state index in [0.29, 0.717) is 37.5 Å². The Labute approximate surface area is 129 Å². The van der Waals surface area contributed by atoms with Crippen molar-refractivity contribution in [3.8, 4) is 11.8 Å². The normalized spacial score (nSPS) is 13.9. The summed E-state index contributed by atoms with van der Waals surface area (Å²) in [5.41, 5.74) is 0.550. The first-order valence-electron chi connectivity index (χ1n) is 6.33. The van der Waals surface area contributed by atoms with Crippen LogP contribution in [-0.4, -0.2) is 54.9 Å². The zero-order valence-corrected chi connectivity index (χ0v) is 12.2. The zero-order valence-electron chi connectivity index (χ0n) is 11.4. The fraction of sp³-hybridized carbons (Fsp3) is 0.357. The second-order valence-electron chi connectivity index (χ2n) is 4.45. The summed E-state index contributed by atoms with van der Waals surface area (Å²) in [6.45, 7) is 2.16. The molecule has 1 aromatic carbocycles. The molecule has 2 amide bonds. The third kappa shape index (κ3) is 4.65. The van der Waals surface area contributed by atoms with Crippen LogP contribution >= 0.6 is 12.4 Å². The van der Waals surface area contributed by atoms with Crippen molar-refractivity contribution in [1.29, 1.82) is 5.26 Å². The summed E-state index contributed by atoms with van der Waals surface area (Å²) >= 11 is 0. The van der Waals surface area contributed by atoms with Crippen LogP contribution in [0, 0.1) is 11.3 Å². The lowest BCUT2D eigenvalue weighted by Crippen LogP contribution is -2.49. The third-order valence-corrected chi connectivity index (χ3v) is 3.16. The number of rotatable bonds is 4. The Morgan fingerprint density at radius 3 is 2.38 bits per heavy atom. The Morgan fingerprint density at radius 1 is 1.24 bits per heavy atom. The topological polar surface area (TPSA) is 73.6 Å². The molecule has 0 radical (unpaired) electrons. The van der Waals surface area contributed by atoms with Crippen molar-refractivity contribution in [2.45, 2.75) is 0 Å². The Kier molecular flexibility index (Phi) is 6.50. The molecule has 0 unspecified atom stereocenters. The number of nitrogens with zero attached hydrogens (tertiary/aromatic N) is 3. The molecule has 0 N–H and O–H groups in total. The van der Waals surface area contributed by atoms with Crippen molar-refractivity contribution in [3.05, 3.63) is 29.8 Å². The zero-order chi connectivity index (χ0) is 14.4. The Morgan fingerprint density at radius 2 is 1.86 bits per heavy atom. The molecule has 1 aliphatic rings. The molecule has 1 aliphatic heterocycles. The molecular formula is C14H16ClN3O3. The maximum absolute atomic E-state index is 11.9. The van der Waals surface area contributed by atoms with E-state index in [1.165, 1.54) is 0 Å². The summed E-state index contributed by atoms with van der Waals surface area (Å²) < 4.78 is 5.39. The molecule has 112 valence electrons. The maximum atomic E-state index is 11.9. The van der Waals surface area contributed by atoms with Gasteiger partial charge in [0.1, 0.15) is 5.75 Å². The highest BCUT2D eigenvalue weighted by molar-refractivity contribution is 5.85. The molecule has 1 fully saturated rings.